The van der Waals surface area contributed by atoms with Crippen LogP contribution < -0.4 is 0 Å². The van der Waals surface area contributed by atoms with Crippen molar-refractivity contribution in [3.05, 3.63) is 43.2 Å². The summed E-state index contributed by atoms with van der Waals surface area (Å²) >= 11 is 6.56. The molecule has 2 rings (SSSR count). The van der Waals surface area contributed by atoms with Gasteiger partial charge in [0.2, 0.25) is 0 Å². The quantitative estimate of drug-likeness (QED) is 0.766. The van der Waals surface area contributed by atoms with Crippen molar-refractivity contribution < 1.29 is 4.79 Å². The Kier molecular flexibility index (Phi) is 3.72. The van der Waals surface area contributed by atoms with Crippen LogP contribution in [-0.4, -0.2) is 5.78 Å². The highest BCUT2D eigenvalue weighted by Crippen LogP contribution is 2.22. The monoisotopic (exact) mass is 300 g/mol. The van der Waals surface area contributed by atoms with Gasteiger partial charge >= 0.3 is 0 Å². The molecule has 0 fully saturated rings. The van der Waals surface area contributed by atoms with E-state index in [1.54, 1.807) is 11.3 Å². The predicted molar refractivity (Wildman–Crippen MR) is 69.0 cm³/mol. The van der Waals surface area contributed by atoms with E-state index in [1.807, 2.05) is 22.9 Å². The Morgan fingerprint density at radius 3 is 2.87 bits per heavy atom. The maximum atomic E-state index is 11.7. The van der Waals surface area contributed by atoms with Crippen molar-refractivity contribution in [2.45, 2.75) is 12.8 Å². The molecule has 0 unspecified atom stereocenters. The summed E-state index contributed by atoms with van der Waals surface area (Å²) in [6.45, 7) is 0. The number of halogens is 1. The largest absolute Gasteiger partial charge is 0.293 e. The second-order valence-electron chi connectivity index (χ2n) is 3.13. The minimum atomic E-state index is 0.235. The highest BCUT2D eigenvalue weighted by Gasteiger charge is 2.08. The third-order valence-electron chi connectivity index (χ3n) is 2.02. The summed E-state index contributed by atoms with van der Waals surface area (Å²) in [6, 6.07) is 5.98. The number of Topliss-reactive ketones (excluding diaryl/α,β-unsaturated/α-hetero) is 1. The summed E-state index contributed by atoms with van der Waals surface area (Å²) in [7, 11) is 0. The number of hydrogen-bond acceptors (Lipinski definition) is 3. The van der Waals surface area contributed by atoms with E-state index >= 15 is 0 Å². The van der Waals surface area contributed by atoms with Gasteiger partial charge < -0.3 is 0 Å². The lowest BCUT2D eigenvalue weighted by molar-refractivity contribution is 0.0987. The molecule has 0 aromatic carbocycles. The molecule has 2 heterocycles. The minimum absolute atomic E-state index is 0.235. The van der Waals surface area contributed by atoms with Gasteiger partial charge in [0, 0.05) is 21.2 Å². The second kappa shape index (κ2) is 5.05. The minimum Gasteiger partial charge on any atom is -0.293 e. The van der Waals surface area contributed by atoms with Crippen LogP contribution in [0.1, 0.15) is 21.0 Å². The molecule has 4 heteroatoms. The maximum Gasteiger partial charge on any atom is 0.173 e. The van der Waals surface area contributed by atoms with Gasteiger partial charge in [0.1, 0.15) is 0 Å². The molecule has 78 valence electrons. The van der Waals surface area contributed by atoms with Crippen molar-refractivity contribution in [2.24, 2.45) is 0 Å². The van der Waals surface area contributed by atoms with Gasteiger partial charge in [-0.1, -0.05) is 6.07 Å². The lowest BCUT2D eigenvalue weighted by Gasteiger charge is -1.95. The first-order valence-electron chi connectivity index (χ1n) is 4.55. The fraction of sp³-hybridized carbons (Fsp3) is 0.182. The van der Waals surface area contributed by atoms with Gasteiger partial charge in [-0.2, -0.15) is 0 Å². The number of aryl methyl sites for hydroxylation is 1. The van der Waals surface area contributed by atoms with Crippen LogP contribution in [0.15, 0.2) is 33.4 Å². The molecule has 0 N–H and O–H groups in total. The summed E-state index contributed by atoms with van der Waals surface area (Å²) < 4.78 is 0.993. The molecule has 0 bridgehead atoms. The summed E-state index contributed by atoms with van der Waals surface area (Å²) in [5.74, 6) is 0.235. The van der Waals surface area contributed by atoms with Gasteiger partial charge in [0.25, 0.3) is 0 Å². The number of rotatable bonds is 4. The third-order valence-corrected chi connectivity index (χ3v) is 4.69. The second-order valence-corrected chi connectivity index (χ2v) is 5.99. The molecule has 0 aliphatic heterocycles. The molecule has 0 spiro atoms. The molecule has 0 atom stereocenters. The van der Waals surface area contributed by atoms with Crippen LogP contribution >= 0.6 is 38.6 Å². The zero-order chi connectivity index (χ0) is 10.7. The number of hydrogen-bond donors (Lipinski definition) is 0. The molecule has 0 radical (unpaired) electrons. The number of thiophene rings is 2. The van der Waals surface area contributed by atoms with Gasteiger partial charge in [-0.25, -0.2) is 0 Å². The Bertz CT molecular complexity index is 445. The van der Waals surface area contributed by atoms with Gasteiger partial charge in [-0.3, -0.25) is 4.79 Å². The van der Waals surface area contributed by atoms with Gasteiger partial charge in [0.15, 0.2) is 5.78 Å². The maximum absolute atomic E-state index is 11.7. The number of carbonyl (C=O) groups is 1. The Morgan fingerprint density at radius 1 is 1.40 bits per heavy atom. The van der Waals surface area contributed by atoms with E-state index < -0.39 is 0 Å². The SMILES string of the molecule is O=C(CCc1cccs1)c1cc(Br)cs1. The molecule has 2 aromatic rings. The first-order valence-corrected chi connectivity index (χ1v) is 7.10. The van der Waals surface area contributed by atoms with E-state index in [0.717, 1.165) is 15.8 Å². The topological polar surface area (TPSA) is 17.1 Å². The van der Waals surface area contributed by atoms with Gasteiger partial charge in [-0.05, 0) is 39.9 Å². The standard InChI is InChI=1S/C11H9BrOS2/c12-8-6-11(15-7-8)10(13)4-3-9-2-1-5-14-9/h1-2,5-7H,3-4H2. The van der Waals surface area contributed by atoms with Crippen LogP contribution in [-0.2, 0) is 6.42 Å². The molecule has 0 aliphatic carbocycles. The molecule has 0 amide bonds. The first kappa shape index (κ1) is 11.0. The van der Waals surface area contributed by atoms with Crippen molar-refractivity contribution in [3.63, 3.8) is 0 Å². The molecule has 15 heavy (non-hydrogen) atoms. The zero-order valence-electron chi connectivity index (χ0n) is 7.90. The number of ketones is 1. The van der Waals surface area contributed by atoms with Crippen LogP contribution in [0.5, 0.6) is 0 Å². The summed E-state index contributed by atoms with van der Waals surface area (Å²) in [5.41, 5.74) is 0. The molecular weight excluding hydrogens is 292 g/mol. The highest BCUT2D eigenvalue weighted by atomic mass is 79.9. The van der Waals surface area contributed by atoms with E-state index in [2.05, 4.69) is 22.0 Å². The third kappa shape index (κ3) is 3.00. The molecule has 2 aromatic heterocycles. The molecule has 0 saturated heterocycles. The van der Waals surface area contributed by atoms with E-state index in [1.165, 1.54) is 16.2 Å². The average Bonchev–Trinajstić information content (AvgIpc) is 2.84. The van der Waals surface area contributed by atoms with Crippen molar-refractivity contribution in [3.8, 4) is 0 Å². The van der Waals surface area contributed by atoms with Crippen LogP contribution in [0.3, 0.4) is 0 Å². The fourth-order valence-corrected chi connectivity index (χ4v) is 3.38. The zero-order valence-corrected chi connectivity index (χ0v) is 11.1. The fourth-order valence-electron chi connectivity index (χ4n) is 1.27. The molecule has 1 nitrogen and oxygen atoms in total. The Labute approximate surface area is 105 Å². The predicted octanol–water partition coefficient (Wildman–Crippen LogP) is 4.39. The summed E-state index contributed by atoms with van der Waals surface area (Å²) in [6.07, 6.45) is 1.46. The normalized spacial score (nSPS) is 10.5. The molecular formula is C11H9BrOS2. The smallest absolute Gasteiger partial charge is 0.173 e. The number of carbonyl (C=O) groups excluding carboxylic acids is 1. The Hall–Kier alpha value is -0.450. The van der Waals surface area contributed by atoms with E-state index in [0.29, 0.717) is 6.42 Å². The summed E-state index contributed by atoms with van der Waals surface area (Å²) in [4.78, 5) is 13.9. The van der Waals surface area contributed by atoms with Crippen molar-refractivity contribution >= 4 is 44.4 Å². The van der Waals surface area contributed by atoms with E-state index in [-0.39, 0.29) is 5.78 Å². The lowest BCUT2D eigenvalue weighted by atomic mass is 10.2. The van der Waals surface area contributed by atoms with Crippen molar-refractivity contribution in [2.75, 3.05) is 0 Å². The highest BCUT2D eigenvalue weighted by molar-refractivity contribution is 9.10. The average molecular weight is 301 g/mol. The van der Waals surface area contributed by atoms with Crippen LogP contribution in [0, 0.1) is 0 Å². The van der Waals surface area contributed by atoms with Gasteiger partial charge in [-0.15, -0.1) is 22.7 Å². The van der Waals surface area contributed by atoms with Crippen LogP contribution in [0.4, 0.5) is 0 Å². The van der Waals surface area contributed by atoms with E-state index in [4.69, 9.17) is 0 Å². The first-order chi connectivity index (χ1) is 7.25. The van der Waals surface area contributed by atoms with Crippen molar-refractivity contribution in [1.82, 2.24) is 0 Å². The summed E-state index contributed by atoms with van der Waals surface area (Å²) in [5, 5.41) is 3.99. The lowest BCUT2D eigenvalue weighted by Crippen LogP contribution is -1.97. The Balaban J connectivity index is 1.93. The van der Waals surface area contributed by atoms with E-state index in [9.17, 15) is 4.79 Å². The molecule has 0 saturated carbocycles. The Morgan fingerprint density at radius 2 is 2.27 bits per heavy atom. The molecule has 0 aliphatic rings. The van der Waals surface area contributed by atoms with Crippen LogP contribution in [0.25, 0.3) is 0 Å². The van der Waals surface area contributed by atoms with Crippen molar-refractivity contribution in [1.29, 1.82) is 0 Å². The van der Waals surface area contributed by atoms with Crippen LogP contribution in [0.2, 0.25) is 0 Å². The van der Waals surface area contributed by atoms with Gasteiger partial charge in [0.05, 0.1) is 4.88 Å².